The molecule has 1 fully saturated rings. The van der Waals surface area contributed by atoms with Crippen molar-refractivity contribution in [3.63, 3.8) is 0 Å². The van der Waals surface area contributed by atoms with Gasteiger partial charge in [-0.25, -0.2) is 0 Å². The molecule has 5 nitrogen and oxygen atoms in total. The standard InChI is InChI=1S/C4H10NO4P/c6-3-1-4(5-2-3)10(7,8)9/h3-6H,1-2H2,(H2,7,8,9)/t3-,4-/m1/s1. The first-order chi connectivity index (χ1) is 4.50. The van der Waals surface area contributed by atoms with E-state index in [4.69, 9.17) is 14.9 Å². The van der Waals surface area contributed by atoms with Crippen LogP contribution in [0.25, 0.3) is 0 Å². The van der Waals surface area contributed by atoms with Gasteiger partial charge >= 0.3 is 7.60 Å². The first-order valence-corrected chi connectivity index (χ1v) is 4.65. The van der Waals surface area contributed by atoms with Gasteiger partial charge in [0, 0.05) is 13.0 Å². The van der Waals surface area contributed by atoms with Gasteiger partial charge in [-0.1, -0.05) is 0 Å². The first kappa shape index (κ1) is 8.17. The molecule has 0 bridgehead atoms. The summed E-state index contributed by atoms with van der Waals surface area (Å²) in [6, 6.07) is 0. The number of aliphatic hydroxyl groups is 1. The molecule has 1 heterocycles. The summed E-state index contributed by atoms with van der Waals surface area (Å²) in [5, 5.41) is 11.4. The topological polar surface area (TPSA) is 89.8 Å². The maximum Gasteiger partial charge on any atom is 0.342 e. The fourth-order valence-electron chi connectivity index (χ4n) is 0.953. The Labute approximate surface area is 58.2 Å². The molecule has 1 rings (SSSR count). The Hall–Kier alpha value is 0.0700. The molecule has 1 saturated heterocycles. The predicted octanol–water partition coefficient (Wildman–Crippen LogP) is -1.16. The highest BCUT2D eigenvalue weighted by molar-refractivity contribution is 7.52. The molecule has 0 radical (unpaired) electrons. The predicted molar refractivity (Wildman–Crippen MR) is 34.5 cm³/mol. The highest BCUT2D eigenvalue weighted by atomic mass is 31.2. The monoisotopic (exact) mass is 167 g/mol. The zero-order valence-corrected chi connectivity index (χ0v) is 6.16. The smallest absolute Gasteiger partial charge is 0.342 e. The van der Waals surface area contributed by atoms with Gasteiger partial charge in [-0.3, -0.25) is 4.57 Å². The fraction of sp³-hybridized carbons (Fsp3) is 1.00. The van der Waals surface area contributed by atoms with Crippen molar-refractivity contribution in [3.8, 4) is 0 Å². The van der Waals surface area contributed by atoms with Crippen molar-refractivity contribution in [2.24, 2.45) is 0 Å². The number of hydrogen-bond donors (Lipinski definition) is 4. The van der Waals surface area contributed by atoms with Gasteiger partial charge in [-0.15, -0.1) is 0 Å². The Morgan fingerprint density at radius 2 is 2.10 bits per heavy atom. The summed E-state index contributed by atoms with van der Waals surface area (Å²) in [4.78, 5) is 17.1. The van der Waals surface area contributed by atoms with Crippen molar-refractivity contribution < 1.29 is 19.5 Å². The van der Waals surface area contributed by atoms with Crippen molar-refractivity contribution in [3.05, 3.63) is 0 Å². The van der Waals surface area contributed by atoms with E-state index in [1.54, 1.807) is 0 Å². The van der Waals surface area contributed by atoms with Crippen LogP contribution in [-0.4, -0.2) is 33.3 Å². The maximum absolute atomic E-state index is 10.5. The van der Waals surface area contributed by atoms with Crippen molar-refractivity contribution in [1.82, 2.24) is 5.32 Å². The SMILES string of the molecule is O=P(O)(O)[C@@H]1C[C@@H](O)CN1. The molecular weight excluding hydrogens is 157 g/mol. The Bertz CT molecular complexity index is 167. The van der Waals surface area contributed by atoms with E-state index >= 15 is 0 Å². The lowest BCUT2D eigenvalue weighted by Crippen LogP contribution is -2.21. The minimum absolute atomic E-state index is 0.143. The summed E-state index contributed by atoms with van der Waals surface area (Å²) in [6.45, 7) is 0.274. The van der Waals surface area contributed by atoms with Crippen LogP contribution in [0, 0.1) is 0 Å². The van der Waals surface area contributed by atoms with E-state index in [1.165, 1.54) is 0 Å². The minimum Gasteiger partial charge on any atom is -0.392 e. The Morgan fingerprint density at radius 1 is 1.50 bits per heavy atom. The number of aliphatic hydroxyl groups excluding tert-OH is 1. The summed E-state index contributed by atoms with van der Waals surface area (Å²) >= 11 is 0. The Morgan fingerprint density at radius 3 is 2.30 bits per heavy atom. The van der Waals surface area contributed by atoms with Crippen molar-refractivity contribution in [2.45, 2.75) is 18.3 Å². The van der Waals surface area contributed by atoms with Gasteiger partial charge < -0.3 is 20.2 Å². The van der Waals surface area contributed by atoms with Crippen molar-refractivity contribution in [1.29, 1.82) is 0 Å². The molecule has 0 saturated carbocycles. The van der Waals surface area contributed by atoms with E-state index in [0.717, 1.165) is 0 Å². The second kappa shape index (κ2) is 2.60. The van der Waals surface area contributed by atoms with Gasteiger partial charge in [0.1, 0.15) is 5.78 Å². The summed E-state index contributed by atoms with van der Waals surface area (Å²) in [7, 11) is -4.02. The normalized spacial score (nSPS) is 34.7. The lowest BCUT2D eigenvalue weighted by atomic mass is 10.3. The number of hydrogen-bond acceptors (Lipinski definition) is 3. The Kier molecular flexibility index (Phi) is 2.12. The van der Waals surface area contributed by atoms with E-state index in [1.807, 2.05) is 0 Å². The lowest BCUT2D eigenvalue weighted by molar-refractivity contribution is 0.194. The van der Waals surface area contributed by atoms with E-state index in [2.05, 4.69) is 5.32 Å². The molecule has 0 aromatic carbocycles. The highest BCUT2D eigenvalue weighted by Crippen LogP contribution is 2.43. The molecule has 0 aromatic rings. The first-order valence-electron chi connectivity index (χ1n) is 2.97. The van der Waals surface area contributed by atoms with Crippen molar-refractivity contribution in [2.75, 3.05) is 6.54 Å². The minimum atomic E-state index is -4.02. The third kappa shape index (κ3) is 1.78. The average molecular weight is 167 g/mol. The molecule has 0 aliphatic carbocycles. The zero-order chi connectivity index (χ0) is 7.78. The maximum atomic E-state index is 10.5. The van der Waals surface area contributed by atoms with Gasteiger partial charge in [0.05, 0.1) is 6.10 Å². The molecule has 60 valence electrons. The van der Waals surface area contributed by atoms with Crippen LogP contribution >= 0.6 is 7.60 Å². The second-order valence-electron chi connectivity index (χ2n) is 2.40. The van der Waals surface area contributed by atoms with Crippen LogP contribution in [-0.2, 0) is 4.57 Å². The average Bonchev–Trinajstić information content (AvgIpc) is 2.11. The molecule has 4 N–H and O–H groups in total. The molecular formula is C4H10NO4P. The quantitative estimate of drug-likeness (QED) is 0.370. The summed E-state index contributed by atoms with van der Waals surface area (Å²) in [5.74, 6) is -0.845. The van der Waals surface area contributed by atoms with Crippen LogP contribution in [0.4, 0.5) is 0 Å². The molecule has 0 aromatic heterocycles. The van der Waals surface area contributed by atoms with Crippen LogP contribution in [0.3, 0.4) is 0 Å². The molecule has 10 heavy (non-hydrogen) atoms. The van der Waals surface area contributed by atoms with Gasteiger partial charge in [0.15, 0.2) is 0 Å². The molecule has 0 amide bonds. The summed E-state index contributed by atoms with van der Waals surface area (Å²) in [6.07, 6.45) is -0.470. The van der Waals surface area contributed by atoms with E-state index in [0.29, 0.717) is 0 Å². The Balaban J connectivity index is 2.53. The van der Waals surface area contributed by atoms with Crippen molar-refractivity contribution >= 4 is 7.60 Å². The molecule has 1 aliphatic heterocycles. The molecule has 1 aliphatic rings. The van der Waals surface area contributed by atoms with Crippen LogP contribution in [0.1, 0.15) is 6.42 Å². The number of nitrogens with one attached hydrogen (secondary N) is 1. The number of rotatable bonds is 1. The van der Waals surface area contributed by atoms with Gasteiger partial charge in [0.2, 0.25) is 0 Å². The van der Waals surface area contributed by atoms with Gasteiger partial charge in [-0.05, 0) is 0 Å². The van der Waals surface area contributed by atoms with E-state index < -0.39 is 19.5 Å². The lowest BCUT2D eigenvalue weighted by Gasteiger charge is -2.10. The van der Waals surface area contributed by atoms with E-state index in [9.17, 15) is 4.57 Å². The summed E-state index contributed by atoms with van der Waals surface area (Å²) in [5.41, 5.74) is 0. The third-order valence-electron chi connectivity index (χ3n) is 1.49. The fourth-order valence-corrected chi connectivity index (χ4v) is 1.81. The molecule has 0 unspecified atom stereocenters. The summed E-state index contributed by atoms with van der Waals surface area (Å²) < 4.78 is 10.5. The van der Waals surface area contributed by atoms with Gasteiger partial charge in [0.25, 0.3) is 0 Å². The van der Waals surface area contributed by atoms with Gasteiger partial charge in [-0.2, -0.15) is 0 Å². The molecule has 2 atom stereocenters. The molecule has 6 heteroatoms. The van der Waals surface area contributed by atoms with Crippen LogP contribution < -0.4 is 5.32 Å². The highest BCUT2D eigenvalue weighted by Gasteiger charge is 2.35. The third-order valence-corrected chi connectivity index (χ3v) is 2.70. The van der Waals surface area contributed by atoms with Crippen LogP contribution in [0.2, 0.25) is 0 Å². The second-order valence-corrected chi connectivity index (χ2v) is 4.20. The van der Waals surface area contributed by atoms with Crippen LogP contribution in [0.5, 0.6) is 0 Å². The zero-order valence-electron chi connectivity index (χ0n) is 5.27. The molecule has 0 spiro atoms. The largest absolute Gasteiger partial charge is 0.392 e. The number of β-amino-alcohol motifs (C(OH)–C–C–N with tert-alkyl or cyclic N) is 1. The van der Waals surface area contributed by atoms with Crippen LogP contribution in [0.15, 0.2) is 0 Å². The van der Waals surface area contributed by atoms with E-state index in [-0.39, 0.29) is 13.0 Å².